The second kappa shape index (κ2) is 6.43. The summed E-state index contributed by atoms with van der Waals surface area (Å²) in [4.78, 5) is 17.6. The van der Waals surface area contributed by atoms with E-state index >= 15 is 0 Å². The summed E-state index contributed by atoms with van der Waals surface area (Å²) < 4.78 is 8.01. The number of nitrogens with zero attached hydrogens (tertiary/aromatic N) is 1. The lowest BCUT2D eigenvalue weighted by atomic mass is 9.95. The third-order valence-corrected chi connectivity index (χ3v) is 4.57. The normalized spacial score (nSPS) is 16.3. The number of rotatable bonds is 2. The number of aromatic nitrogens is 3. The number of H-pyrrole nitrogens is 2. The first-order chi connectivity index (χ1) is 11.1. The van der Waals surface area contributed by atoms with Crippen LogP contribution in [0.3, 0.4) is 0 Å². The van der Waals surface area contributed by atoms with E-state index in [1.54, 1.807) is 6.20 Å². The molecule has 0 aliphatic carbocycles. The summed E-state index contributed by atoms with van der Waals surface area (Å²) in [5.74, 6) is 0.836. The van der Waals surface area contributed by atoms with Gasteiger partial charge >= 0.3 is 0 Å². The van der Waals surface area contributed by atoms with Crippen LogP contribution in [0.5, 0.6) is 5.75 Å². The molecule has 2 aromatic heterocycles. The lowest BCUT2D eigenvalue weighted by Crippen LogP contribution is -2.23. The fourth-order valence-corrected chi connectivity index (χ4v) is 3.40. The molecule has 0 bridgehead atoms. The van der Waals surface area contributed by atoms with Gasteiger partial charge in [-0.3, -0.25) is 9.78 Å². The average Bonchev–Trinajstić information content (AvgIpc) is 3.01. The molecule has 1 atom stereocenters. The number of benzene rings is 1. The minimum Gasteiger partial charge on any atom is -0.493 e. The maximum atomic E-state index is 11.9. The quantitative estimate of drug-likeness (QED) is 0.610. The van der Waals surface area contributed by atoms with E-state index in [9.17, 15) is 4.79 Å². The van der Waals surface area contributed by atoms with Crippen LogP contribution < -0.4 is 16.0 Å². The first kappa shape index (κ1) is 16.8. The van der Waals surface area contributed by atoms with Crippen molar-refractivity contribution in [3.63, 3.8) is 0 Å². The Hall–Kier alpha value is -2.09. The Morgan fingerprint density at radius 3 is 3.04 bits per heavy atom. The lowest BCUT2D eigenvalue weighted by molar-refractivity contribution is 0.268. The predicted octanol–water partition coefficient (Wildman–Crippen LogP) is 2.64. The molecular weight excluding hydrogens is 348 g/mol. The molecule has 1 aliphatic heterocycles. The summed E-state index contributed by atoms with van der Waals surface area (Å²) in [5, 5.41) is 0. The van der Waals surface area contributed by atoms with Crippen LogP contribution in [0.15, 0.2) is 35.3 Å². The molecule has 24 heavy (non-hydrogen) atoms. The Labute approximate surface area is 149 Å². The Balaban J connectivity index is 0.00000169. The van der Waals surface area contributed by atoms with E-state index in [0.717, 1.165) is 28.8 Å². The molecule has 0 radical (unpaired) electrons. The Morgan fingerprint density at radius 1 is 1.38 bits per heavy atom. The maximum Gasteiger partial charge on any atom is 0.276 e. The number of nitrogens with two attached hydrogens (primary N) is 1. The summed E-state index contributed by atoms with van der Waals surface area (Å²) in [7, 11) is 0. The molecule has 1 aromatic carbocycles. The van der Waals surface area contributed by atoms with Gasteiger partial charge in [0.25, 0.3) is 5.56 Å². The summed E-state index contributed by atoms with van der Waals surface area (Å²) in [6.45, 7) is 1.17. The highest BCUT2D eigenvalue weighted by Crippen LogP contribution is 2.33. The molecular formula is C16H17ClN4O2S. The van der Waals surface area contributed by atoms with E-state index in [1.807, 2.05) is 28.8 Å². The fraction of sp³-hybridized carbons (Fsp3) is 0.250. The van der Waals surface area contributed by atoms with Gasteiger partial charge in [-0.1, -0.05) is 12.1 Å². The monoisotopic (exact) mass is 364 g/mol. The summed E-state index contributed by atoms with van der Waals surface area (Å²) in [6.07, 6.45) is 2.53. The maximum absolute atomic E-state index is 11.9. The van der Waals surface area contributed by atoms with Gasteiger partial charge in [0.1, 0.15) is 11.3 Å². The van der Waals surface area contributed by atoms with Gasteiger partial charge < -0.3 is 20.0 Å². The van der Waals surface area contributed by atoms with Crippen LogP contribution >= 0.6 is 24.6 Å². The molecule has 0 unspecified atom stereocenters. The van der Waals surface area contributed by atoms with E-state index in [-0.39, 0.29) is 24.0 Å². The number of fused-ring (bicyclic) bond motifs is 2. The van der Waals surface area contributed by atoms with Crippen molar-refractivity contribution in [1.82, 2.24) is 14.5 Å². The lowest BCUT2D eigenvalue weighted by Gasteiger charge is -2.26. The van der Waals surface area contributed by atoms with E-state index in [4.69, 9.17) is 22.7 Å². The van der Waals surface area contributed by atoms with E-state index in [2.05, 4.69) is 9.97 Å². The number of nitrogens with one attached hydrogen (secondary N) is 2. The first-order valence-corrected chi connectivity index (χ1v) is 7.86. The van der Waals surface area contributed by atoms with Crippen LogP contribution in [0.2, 0.25) is 0 Å². The highest BCUT2D eigenvalue weighted by molar-refractivity contribution is 7.71. The van der Waals surface area contributed by atoms with Crippen molar-refractivity contribution in [3.8, 4) is 5.75 Å². The average molecular weight is 365 g/mol. The Morgan fingerprint density at radius 2 is 2.21 bits per heavy atom. The van der Waals surface area contributed by atoms with Crippen molar-refractivity contribution in [2.45, 2.75) is 19.0 Å². The van der Waals surface area contributed by atoms with Gasteiger partial charge in [0.2, 0.25) is 0 Å². The summed E-state index contributed by atoms with van der Waals surface area (Å²) >= 11 is 5.35. The van der Waals surface area contributed by atoms with Crippen LogP contribution in [0, 0.1) is 4.77 Å². The number of hydrogen-bond acceptors (Lipinski definition) is 4. The van der Waals surface area contributed by atoms with E-state index < -0.39 is 0 Å². The predicted molar refractivity (Wildman–Crippen MR) is 97.6 cm³/mol. The second-order valence-corrected chi connectivity index (χ2v) is 6.04. The van der Waals surface area contributed by atoms with Gasteiger partial charge in [0, 0.05) is 24.2 Å². The summed E-state index contributed by atoms with van der Waals surface area (Å²) in [5.41, 5.74) is 9.45. The number of hydrogen-bond donors (Lipinski definition) is 3. The largest absolute Gasteiger partial charge is 0.493 e. The molecule has 4 N–H and O–H groups in total. The zero-order valence-corrected chi connectivity index (χ0v) is 14.4. The van der Waals surface area contributed by atoms with Crippen molar-refractivity contribution < 1.29 is 4.74 Å². The molecule has 4 rings (SSSR count). The Kier molecular flexibility index (Phi) is 4.49. The van der Waals surface area contributed by atoms with Gasteiger partial charge in [-0.15, -0.1) is 12.4 Å². The molecule has 126 valence electrons. The van der Waals surface area contributed by atoms with Gasteiger partial charge in [0.05, 0.1) is 18.7 Å². The minimum atomic E-state index is -0.207. The molecule has 8 heteroatoms. The van der Waals surface area contributed by atoms with Crippen molar-refractivity contribution in [2.24, 2.45) is 5.73 Å². The molecule has 6 nitrogen and oxygen atoms in total. The van der Waals surface area contributed by atoms with Crippen LogP contribution in [0.4, 0.5) is 0 Å². The number of halogens is 1. The smallest absolute Gasteiger partial charge is 0.276 e. The van der Waals surface area contributed by atoms with Gasteiger partial charge in [-0.05, 0) is 29.9 Å². The topological polar surface area (TPSA) is 88.8 Å². The van der Waals surface area contributed by atoms with Gasteiger partial charge in [-0.2, -0.15) is 0 Å². The van der Waals surface area contributed by atoms with Gasteiger partial charge in [-0.25, -0.2) is 0 Å². The number of aromatic amines is 2. The standard InChI is InChI=1S/C16H16N4O2S.ClH/c17-10-5-7-22-12-3-1-2-9(13(10)12)8-20-11-4-6-18-14(11)15(21)19-16(20)23;/h1-4,6,10,18H,5,7-8,17H2,(H,19,21,23);1H/t10-;/m1./s1. The van der Waals surface area contributed by atoms with Crippen molar-refractivity contribution in [3.05, 3.63) is 56.7 Å². The van der Waals surface area contributed by atoms with Crippen molar-refractivity contribution in [2.75, 3.05) is 6.61 Å². The molecule has 0 saturated carbocycles. The fourth-order valence-electron chi connectivity index (χ4n) is 3.15. The third kappa shape index (κ3) is 2.64. The second-order valence-electron chi connectivity index (χ2n) is 5.66. The van der Waals surface area contributed by atoms with Crippen molar-refractivity contribution >= 4 is 35.7 Å². The number of ether oxygens (including phenoxy) is 1. The molecule has 0 amide bonds. The third-order valence-electron chi connectivity index (χ3n) is 4.25. The SMILES string of the molecule is Cl.N[C@@H]1CCOc2cccc(Cn3c(=S)[nH]c(=O)c4[nH]ccc43)c21. The summed E-state index contributed by atoms with van der Waals surface area (Å²) in [6, 6.07) is 7.73. The van der Waals surface area contributed by atoms with Crippen LogP contribution in [-0.2, 0) is 6.54 Å². The molecule has 0 saturated heterocycles. The molecule has 0 spiro atoms. The van der Waals surface area contributed by atoms with Crippen LogP contribution in [-0.4, -0.2) is 21.1 Å². The molecule has 1 aliphatic rings. The van der Waals surface area contributed by atoms with Crippen molar-refractivity contribution in [1.29, 1.82) is 0 Å². The molecule has 0 fully saturated rings. The first-order valence-electron chi connectivity index (χ1n) is 7.45. The van der Waals surface area contributed by atoms with Gasteiger partial charge in [0.15, 0.2) is 4.77 Å². The van der Waals surface area contributed by atoms with E-state index in [1.165, 1.54) is 0 Å². The molecule has 3 heterocycles. The highest BCUT2D eigenvalue weighted by atomic mass is 35.5. The zero-order chi connectivity index (χ0) is 16.0. The van der Waals surface area contributed by atoms with Crippen LogP contribution in [0.1, 0.15) is 23.6 Å². The zero-order valence-electron chi connectivity index (χ0n) is 12.7. The Bertz CT molecular complexity index is 1010. The highest BCUT2D eigenvalue weighted by Gasteiger charge is 2.21. The molecule has 3 aromatic rings. The minimum absolute atomic E-state index is 0. The van der Waals surface area contributed by atoms with Crippen LogP contribution in [0.25, 0.3) is 11.0 Å². The van der Waals surface area contributed by atoms with E-state index in [0.29, 0.717) is 23.4 Å².